The van der Waals surface area contributed by atoms with Gasteiger partial charge in [0.25, 0.3) is 0 Å². The highest BCUT2D eigenvalue weighted by atomic mass is 16.5. The molecule has 7 nitrogen and oxygen atoms in total. The van der Waals surface area contributed by atoms with Crippen LogP contribution in [0.25, 0.3) is 6.08 Å². The molecule has 0 bridgehead atoms. The number of ether oxygens (including phenoxy) is 1. The van der Waals surface area contributed by atoms with Crippen LogP contribution in [0.5, 0.6) is 5.75 Å². The summed E-state index contributed by atoms with van der Waals surface area (Å²) in [5.41, 5.74) is 2.14. The van der Waals surface area contributed by atoms with E-state index in [4.69, 9.17) is 4.74 Å². The predicted molar refractivity (Wildman–Crippen MR) is 114 cm³/mol. The number of carboxylic acid groups (broad SMARTS) is 1. The summed E-state index contributed by atoms with van der Waals surface area (Å²) in [5, 5.41) is 11.9. The van der Waals surface area contributed by atoms with Crippen molar-refractivity contribution in [1.82, 2.24) is 4.90 Å². The van der Waals surface area contributed by atoms with Crippen molar-refractivity contribution in [1.29, 1.82) is 0 Å². The molecule has 1 amide bonds. The van der Waals surface area contributed by atoms with Gasteiger partial charge in [-0.15, -0.1) is 0 Å². The summed E-state index contributed by atoms with van der Waals surface area (Å²) < 4.78 is 5.56. The van der Waals surface area contributed by atoms with Crippen LogP contribution in [0.15, 0.2) is 48.5 Å². The van der Waals surface area contributed by atoms with E-state index >= 15 is 0 Å². The van der Waals surface area contributed by atoms with Crippen molar-refractivity contribution >= 4 is 29.3 Å². The van der Waals surface area contributed by atoms with Gasteiger partial charge < -0.3 is 25.0 Å². The maximum absolute atomic E-state index is 12.4. The predicted octanol–water partition coefficient (Wildman–Crippen LogP) is 2.80. The molecule has 7 heteroatoms. The Kier molecular flexibility index (Phi) is 6.51. The standard InChI is InChI=1S/C22H25N3O4/c1-24-12-14-25(15-13-24)21-16(6-5-9-19(21)29-2)10-11-20(26)23-18-8-4-3-7-17(18)22(27)28/h3-11H,12-15H2,1-2H3,(H,23,26)(H,27,28)/b11-10+. The van der Waals surface area contributed by atoms with E-state index in [0.717, 1.165) is 43.2 Å². The Morgan fingerprint density at radius 1 is 1.07 bits per heavy atom. The van der Waals surface area contributed by atoms with E-state index in [1.54, 1.807) is 31.4 Å². The van der Waals surface area contributed by atoms with Crippen LogP contribution in [-0.4, -0.2) is 62.2 Å². The smallest absolute Gasteiger partial charge is 0.337 e. The van der Waals surface area contributed by atoms with Gasteiger partial charge in [0.1, 0.15) is 5.75 Å². The van der Waals surface area contributed by atoms with Gasteiger partial charge in [-0.2, -0.15) is 0 Å². The maximum atomic E-state index is 12.4. The van der Waals surface area contributed by atoms with Crippen LogP contribution in [0, 0.1) is 0 Å². The van der Waals surface area contributed by atoms with Crippen molar-refractivity contribution < 1.29 is 19.4 Å². The average Bonchev–Trinajstić information content (AvgIpc) is 2.73. The molecular formula is C22H25N3O4. The van der Waals surface area contributed by atoms with E-state index in [0.29, 0.717) is 0 Å². The average molecular weight is 395 g/mol. The summed E-state index contributed by atoms with van der Waals surface area (Å²) in [6, 6.07) is 12.0. The Balaban J connectivity index is 1.82. The zero-order valence-corrected chi connectivity index (χ0v) is 16.6. The lowest BCUT2D eigenvalue weighted by atomic mass is 10.1. The van der Waals surface area contributed by atoms with E-state index in [2.05, 4.69) is 22.2 Å². The molecule has 29 heavy (non-hydrogen) atoms. The number of likely N-dealkylation sites (N-methyl/N-ethyl adjacent to an activating group) is 1. The molecule has 1 heterocycles. The van der Waals surface area contributed by atoms with Crippen LogP contribution in [0.4, 0.5) is 11.4 Å². The number of amides is 1. The van der Waals surface area contributed by atoms with Crippen LogP contribution in [-0.2, 0) is 4.79 Å². The van der Waals surface area contributed by atoms with Crippen molar-refractivity contribution in [3.05, 3.63) is 59.7 Å². The Morgan fingerprint density at radius 3 is 2.48 bits per heavy atom. The fourth-order valence-corrected chi connectivity index (χ4v) is 3.33. The number of hydrogen-bond acceptors (Lipinski definition) is 5. The highest BCUT2D eigenvalue weighted by Crippen LogP contribution is 2.33. The van der Waals surface area contributed by atoms with Gasteiger partial charge in [0.15, 0.2) is 0 Å². The second-order valence-electron chi connectivity index (χ2n) is 6.86. The summed E-state index contributed by atoms with van der Waals surface area (Å²) in [4.78, 5) is 28.2. The number of anilines is 2. The first-order valence-electron chi connectivity index (χ1n) is 9.41. The third kappa shape index (κ3) is 4.94. The number of nitrogens with zero attached hydrogens (tertiary/aromatic N) is 2. The first-order chi connectivity index (χ1) is 14.0. The first kappa shape index (κ1) is 20.4. The van der Waals surface area contributed by atoms with Crippen molar-refractivity contribution in [2.75, 3.05) is 50.6 Å². The summed E-state index contributed by atoms with van der Waals surface area (Å²) in [7, 11) is 3.73. The molecule has 1 fully saturated rings. The highest BCUT2D eigenvalue weighted by Gasteiger charge is 2.20. The van der Waals surface area contributed by atoms with E-state index in [1.165, 1.54) is 12.1 Å². The zero-order valence-electron chi connectivity index (χ0n) is 16.6. The fourth-order valence-electron chi connectivity index (χ4n) is 3.33. The van der Waals surface area contributed by atoms with Crippen LogP contribution in [0.2, 0.25) is 0 Å². The van der Waals surface area contributed by atoms with Crippen LogP contribution < -0.4 is 15.0 Å². The van der Waals surface area contributed by atoms with Gasteiger partial charge in [0, 0.05) is 37.8 Å². The zero-order chi connectivity index (χ0) is 20.8. The third-order valence-corrected chi connectivity index (χ3v) is 4.90. The fraction of sp³-hybridized carbons (Fsp3) is 0.273. The summed E-state index contributed by atoms with van der Waals surface area (Å²) >= 11 is 0. The molecule has 2 aromatic carbocycles. The number of methoxy groups -OCH3 is 1. The molecule has 0 spiro atoms. The molecule has 0 saturated carbocycles. The number of para-hydroxylation sites is 2. The normalized spacial score (nSPS) is 14.8. The van der Waals surface area contributed by atoms with E-state index in [-0.39, 0.29) is 11.3 Å². The van der Waals surface area contributed by atoms with E-state index in [9.17, 15) is 14.7 Å². The van der Waals surface area contributed by atoms with Crippen molar-refractivity contribution in [2.24, 2.45) is 0 Å². The molecule has 2 N–H and O–H groups in total. The third-order valence-electron chi connectivity index (χ3n) is 4.90. The Hall–Kier alpha value is -3.32. The SMILES string of the molecule is COc1cccc(/C=C/C(=O)Nc2ccccc2C(=O)O)c1N1CCN(C)CC1. The molecule has 0 unspecified atom stereocenters. The molecule has 2 aromatic rings. The van der Waals surface area contributed by atoms with Crippen LogP contribution in [0.1, 0.15) is 15.9 Å². The minimum Gasteiger partial charge on any atom is -0.495 e. The van der Waals surface area contributed by atoms with Gasteiger partial charge in [-0.05, 0) is 31.3 Å². The Bertz CT molecular complexity index is 918. The van der Waals surface area contributed by atoms with Gasteiger partial charge in [-0.25, -0.2) is 4.79 Å². The lowest BCUT2D eigenvalue weighted by Crippen LogP contribution is -2.44. The summed E-state index contributed by atoms with van der Waals surface area (Å²) in [5.74, 6) is -0.728. The van der Waals surface area contributed by atoms with Crippen molar-refractivity contribution in [2.45, 2.75) is 0 Å². The van der Waals surface area contributed by atoms with Crippen molar-refractivity contribution in [3.8, 4) is 5.75 Å². The molecule has 1 saturated heterocycles. The number of hydrogen-bond donors (Lipinski definition) is 2. The Morgan fingerprint density at radius 2 is 1.79 bits per heavy atom. The lowest BCUT2D eigenvalue weighted by Gasteiger charge is -2.35. The molecule has 0 atom stereocenters. The lowest BCUT2D eigenvalue weighted by molar-refractivity contribution is -0.111. The molecule has 0 aromatic heterocycles. The number of carboxylic acids is 1. The van der Waals surface area contributed by atoms with Gasteiger partial charge in [0.2, 0.25) is 5.91 Å². The van der Waals surface area contributed by atoms with Gasteiger partial charge in [0.05, 0.1) is 24.0 Å². The summed E-state index contributed by atoms with van der Waals surface area (Å²) in [6.45, 7) is 3.65. The summed E-state index contributed by atoms with van der Waals surface area (Å²) in [6.07, 6.45) is 3.14. The largest absolute Gasteiger partial charge is 0.495 e. The van der Waals surface area contributed by atoms with E-state index < -0.39 is 11.9 Å². The minimum atomic E-state index is -1.09. The molecule has 1 aliphatic rings. The molecular weight excluding hydrogens is 370 g/mol. The van der Waals surface area contributed by atoms with Crippen molar-refractivity contribution in [3.63, 3.8) is 0 Å². The van der Waals surface area contributed by atoms with Gasteiger partial charge >= 0.3 is 5.97 Å². The maximum Gasteiger partial charge on any atom is 0.337 e. The molecule has 0 radical (unpaired) electrons. The Labute approximate surface area is 170 Å². The number of rotatable bonds is 6. The monoisotopic (exact) mass is 395 g/mol. The minimum absolute atomic E-state index is 0.0498. The molecule has 1 aliphatic heterocycles. The number of carbonyl (C=O) groups is 2. The number of aromatic carboxylic acids is 1. The number of benzene rings is 2. The quantitative estimate of drug-likeness (QED) is 0.732. The van der Waals surface area contributed by atoms with Crippen LogP contribution in [0.3, 0.4) is 0 Å². The number of carbonyl (C=O) groups excluding carboxylic acids is 1. The molecule has 0 aliphatic carbocycles. The molecule has 3 rings (SSSR count). The first-order valence-corrected chi connectivity index (χ1v) is 9.41. The number of nitrogens with one attached hydrogen (secondary N) is 1. The van der Waals surface area contributed by atoms with Gasteiger partial charge in [-0.3, -0.25) is 4.79 Å². The topological polar surface area (TPSA) is 82.1 Å². The number of piperazine rings is 1. The second kappa shape index (κ2) is 9.25. The second-order valence-corrected chi connectivity index (χ2v) is 6.86. The van der Waals surface area contributed by atoms with E-state index in [1.807, 2.05) is 18.2 Å². The van der Waals surface area contributed by atoms with Crippen LogP contribution >= 0.6 is 0 Å². The van der Waals surface area contributed by atoms with Gasteiger partial charge in [-0.1, -0.05) is 24.3 Å². The highest BCUT2D eigenvalue weighted by molar-refractivity contribution is 6.06. The molecule has 152 valence electrons.